The second-order valence-corrected chi connectivity index (χ2v) is 11.3. The first kappa shape index (κ1) is 20.2. The number of carbonyl (C=O) groups excluding carboxylic acids is 1. The fourth-order valence-corrected chi connectivity index (χ4v) is 6.34. The normalized spacial score (nSPS) is 11.8. The molecule has 1 N–H and O–H groups in total. The summed E-state index contributed by atoms with van der Waals surface area (Å²) in [7, 11) is -2.19. The number of aromatic nitrogens is 1. The van der Waals surface area contributed by atoms with Gasteiger partial charge in [-0.25, -0.2) is 13.4 Å². The molecular formula is C17H19N3O3S4. The number of nitrogens with zero attached hydrogens (tertiary/aromatic N) is 2. The maximum Gasteiger partial charge on any atom is 0.252 e. The highest BCUT2D eigenvalue weighted by Gasteiger charge is 2.23. The third-order valence-corrected chi connectivity index (χ3v) is 8.87. The molecule has 3 aromatic rings. The van der Waals surface area contributed by atoms with Crippen molar-refractivity contribution in [3.05, 3.63) is 44.9 Å². The van der Waals surface area contributed by atoms with E-state index in [0.29, 0.717) is 13.0 Å². The minimum Gasteiger partial charge on any atom is -0.355 e. The number of likely N-dealkylation sites (N-methyl/N-ethyl adjacent to an activating group) is 1. The van der Waals surface area contributed by atoms with E-state index in [9.17, 15) is 13.2 Å². The Morgan fingerprint density at radius 2 is 2.07 bits per heavy atom. The molecule has 0 spiro atoms. The lowest BCUT2D eigenvalue weighted by Gasteiger charge is -2.15. The molecule has 0 aromatic carbocycles. The molecule has 0 bridgehead atoms. The molecule has 0 saturated carbocycles. The summed E-state index contributed by atoms with van der Waals surface area (Å²) in [5, 5.41) is 7.56. The molecule has 27 heavy (non-hydrogen) atoms. The van der Waals surface area contributed by atoms with E-state index in [-0.39, 0.29) is 16.7 Å². The Hall–Kier alpha value is -1.59. The van der Waals surface area contributed by atoms with Gasteiger partial charge in [0.25, 0.3) is 10.0 Å². The summed E-state index contributed by atoms with van der Waals surface area (Å²) in [4.78, 5) is 18.8. The molecule has 0 aliphatic heterocycles. The van der Waals surface area contributed by atoms with Gasteiger partial charge in [-0.2, -0.15) is 4.31 Å². The summed E-state index contributed by atoms with van der Waals surface area (Å²) >= 11 is 4.42. The predicted molar refractivity (Wildman–Crippen MR) is 111 cm³/mol. The van der Waals surface area contributed by atoms with E-state index in [0.717, 1.165) is 36.1 Å². The molecule has 10 heteroatoms. The van der Waals surface area contributed by atoms with E-state index in [1.54, 1.807) is 34.1 Å². The Bertz CT molecular complexity index is 1010. The van der Waals surface area contributed by atoms with Gasteiger partial charge >= 0.3 is 0 Å². The number of amides is 1. The summed E-state index contributed by atoms with van der Waals surface area (Å²) in [5.74, 6) is -0.315. The van der Waals surface area contributed by atoms with Crippen LogP contribution in [0.15, 0.2) is 39.2 Å². The van der Waals surface area contributed by atoms with Crippen LogP contribution in [0.1, 0.15) is 9.88 Å². The first-order valence-electron chi connectivity index (χ1n) is 8.14. The van der Waals surface area contributed by atoms with Crippen LogP contribution in [0.25, 0.3) is 10.6 Å². The van der Waals surface area contributed by atoms with E-state index in [1.165, 1.54) is 13.1 Å². The van der Waals surface area contributed by atoms with Gasteiger partial charge < -0.3 is 5.32 Å². The first-order chi connectivity index (χ1) is 12.9. The number of carbonyl (C=O) groups is 1. The van der Waals surface area contributed by atoms with E-state index in [2.05, 4.69) is 10.3 Å². The van der Waals surface area contributed by atoms with Crippen LogP contribution < -0.4 is 5.32 Å². The van der Waals surface area contributed by atoms with E-state index in [1.807, 2.05) is 24.4 Å². The van der Waals surface area contributed by atoms with Gasteiger partial charge in [0.15, 0.2) is 0 Å². The van der Waals surface area contributed by atoms with Crippen molar-refractivity contribution in [1.29, 1.82) is 0 Å². The number of sulfonamides is 1. The van der Waals surface area contributed by atoms with Gasteiger partial charge in [0.1, 0.15) is 4.21 Å². The van der Waals surface area contributed by atoms with Crippen molar-refractivity contribution in [2.24, 2.45) is 0 Å². The van der Waals surface area contributed by atoms with Gasteiger partial charge in [0.05, 0.1) is 22.1 Å². The summed E-state index contributed by atoms with van der Waals surface area (Å²) in [6, 6.07) is 7.28. The van der Waals surface area contributed by atoms with Gasteiger partial charge in [0, 0.05) is 23.8 Å². The predicted octanol–water partition coefficient (Wildman–Crippen LogP) is 3.22. The maximum absolute atomic E-state index is 12.3. The quantitative estimate of drug-likeness (QED) is 0.582. The van der Waals surface area contributed by atoms with E-state index >= 15 is 0 Å². The standard InChI is InChI=1S/C17H19N3O3S4/c1-12-19-14(11-25-12)15-6-5-13(26-15)7-8-18-16(21)10-20(2)27(22,23)17-4-3-9-24-17/h3-6,9,11H,7-8,10H2,1-2H3,(H,18,21). The van der Waals surface area contributed by atoms with Crippen LogP contribution in [0.5, 0.6) is 0 Å². The van der Waals surface area contributed by atoms with Gasteiger partial charge in [-0.3, -0.25) is 4.79 Å². The molecule has 0 fully saturated rings. The lowest BCUT2D eigenvalue weighted by molar-refractivity contribution is -0.121. The zero-order valence-corrected chi connectivity index (χ0v) is 18.1. The molecule has 144 valence electrons. The van der Waals surface area contributed by atoms with E-state index in [4.69, 9.17) is 0 Å². The average Bonchev–Trinajstić information content (AvgIpc) is 3.36. The van der Waals surface area contributed by atoms with Crippen molar-refractivity contribution in [1.82, 2.24) is 14.6 Å². The molecule has 0 radical (unpaired) electrons. The van der Waals surface area contributed by atoms with Crippen LogP contribution in [0, 0.1) is 6.92 Å². The lowest BCUT2D eigenvalue weighted by atomic mass is 10.3. The Kier molecular flexibility index (Phi) is 6.43. The SMILES string of the molecule is Cc1nc(-c2ccc(CCNC(=O)CN(C)S(=O)(=O)c3cccs3)s2)cs1. The van der Waals surface area contributed by atoms with Crippen LogP contribution in [0.3, 0.4) is 0 Å². The highest BCUT2D eigenvalue weighted by molar-refractivity contribution is 7.91. The number of rotatable bonds is 8. The Balaban J connectivity index is 1.48. The fraction of sp³-hybridized carbons (Fsp3) is 0.294. The van der Waals surface area contributed by atoms with Crippen LogP contribution >= 0.6 is 34.0 Å². The maximum atomic E-state index is 12.3. The number of hydrogen-bond acceptors (Lipinski definition) is 7. The van der Waals surface area contributed by atoms with Crippen molar-refractivity contribution in [2.45, 2.75) is 17.6 Å². The van der Waals surface area contributed by atoms with Crippen molar-refractivity contribution < 1.29 is 13.2 Å². The largest absolute Gasteiger partial charge is 0.355 e. The second kappa shape index (κ2) is 8.61. The highest BCUT2D eigenvalue weighted by Crippen LogP contribution is 2.29. The monoisotopic (exact) mass is 441 g/mol. The zero-order valence-electron chi connectivity index (χ0n) is 14.8. The van der Waals surface area contributed by atoms with Gasteiger partial charge in [-0.05, 0) is 36.9 Å². The van der Waals surface area contributed by atoms with Gasteiger partial charge in [0.2, 0.25) is 5.91 Å². The molecule has 6 nitrogen and oxygen atoms in total. The van der Waals surface area contributed by atoms with E-state index < -0.39 is 10.0 Å². The Morgan fingerprint density at radius 3 is 2.74 bits per heavy atom. The van der Waals surface area contributed by atoms with Crippen LogP contribution in [-0.2, 0) is 21.2 Å². The number of thiophene rings is 2. The number of hydrogen-bond donors (Lipinski definition) is 1. The average molecular weight is 442 g/mol. The Morgan fingerprint density at radius 1 is 1.26 bits per heavy atom. The van der Waals surface area contributed by atoms with Gasteiger partial charge in [-0.15, -0.1) is 34.0 Å². The van der Waals surface area contributed by atoms with Crippen molar-refractivity contribution in [2.75, 3.05) is 20.1 Å². The molecule has 0 saturated heterocycles. The molecule has 0 unspecified atom stereocenters. The molecule has 0 aliphatic carbocycles. The number of aryl methyl sites for hydroxylation is 1. The van der Waals surface area contributed by atoms with Crippen LogP contribution in [0.4, 0.5) is 0 Å². The topological polar surface area (TPSA) is 79.4 Å². The van der Waals surface area contributed by atoms with Crippen molar-refractivity contribution >= 4 is 49.9 Å². The second-order valence-electron chi connectivity index (χ2n) is 5.81. The summed E-state index contributed by atoms with van der Waals surface area (Å²) in [5.41, 5.74) is 0.984. The third kappa shape index (κ3) is 5.02. The molecular weight excluding hydrogens is 422 g/mol. The third-order valence-electron chi connectivity index (χ3n) is 3.75. The minimum atomic E-state index is -3.61. The Labute approximate surface area is 170 Å². The van der Waals surface area contributed by atoms with Gasteiger partial charge in [-0.1, -0.05) is 6.07 Å². The number of nitrogens with one attached hydrogen (secondary N) is 1. The first-order valence-corrected chi connectivity index (χ1v) is 12.2. The van der Waals surface area contributed by atoms with Crippen molar-refractivity contribution in [3.63, 3.8) is 0 Å². The molecule has 0 aliphatic rings. The lowest BCUT2D eigenvalue weighted by Crippen LogP contribution is -2.38. The summed E-state index contributed by atoms with van der Waals surface area (Å²) in [6.07, 6.45) is 0.695. The fourth-order valence-electron chi connectivity index (χ4n) is 2.36. The van der Waals surface area contributed by atoms with Crippen molar-refractivity contribution in [3.8, 4) is 10.6 Å². The molecule has 3 aromatic heterocycles. The number of thiazole rings is 1. The zero-order chi connectivity index (χ0) is 19.4. The highest BCUT2D eigenvalue weighted by atomic mass is 32.2. The summed E-state index contributed by atoms with van der Waals surface area (Å²) < 4.78 is 25.9. The smallest absolute Gasteiger partial charge is 0.252 e. The molecule has 3 heterocycles. The minimum absolute atomic E-state index is 0.200. The summed E-state index contributed by atoms with van der Waals surface area (Å²) in [6.45, 7) is 2.24. The van der Waals surface area contributed by atoms with Crippen LogP contribution in [-0.4, -0.2) is 43.8 Å². The molecule has 3 rings (SSSR count). The van der Waals surface area contributed by atoms with Crippen LogP contribution in [0.2, 0.25) is 0 Å². The molecule has 0 atom stereocenters. The molecule has 1 amide bonds.